The molecule has 1 aromatic heterocycles. The van der Waals surface area contributed by atoms with E-state index in [0.29, 0.717) is 0 Å². The number of nitrogens with zero attached hydrogens (tertiary/aromatic N) is 1. The minimum absolute atomic E-state index is 0.893. The first-order chi connectivity index (χ1) is 5.83. The van der Waals surface area contributed by atoms with Crippen LogP contribution in [0.25, 0.3) is 6.08 Å². The highest BCUT2D eigenvalue weighted by Gasteiger charge is 2.16. The Bertz CT molecular complexity index is 335. The molecule has 0 spiro atoms. The van der Waals surface area contributed by atoms with Gasteiger partial charge in [-0.05, 0) is 25.1 Å². The zero-order chi connectivity index (χ0) is 8.55. The van der Waals surface area contributed by atoms with Crippen LogP contribution in [0.2, 0.25) is 0 Å². The summed E-state index contributed by atoms with van der Waals surface area (Å²) < 4.78 is 5.34. The second-order valence-corrected chi connectivity index (χ2v) is 2.75. The molecule has 0 aliphatic carbocycles. The number of rotatable bonds is 1. The van der Waals surface area contributed by atoms with Crippen LogP contribution in [0.3, 0.4) is 0 Å². The van der Waals surface area contributed by atoms with Gasteiger partial charge in [-0.1, -0.05) is 6.58 Å². The van der Waals surface area contributed by atoms with Gasteiger partial charge in [-0.15, -0.1) is 0 Å². The molecule has 62 valence electrons. The van der Waals surface area contributed by atoms with Crippen molar-refractivity contribution >= 4 is 12.0 Å². The van der Waals surface area contributed by atoms with Gasteiger partial charge < -0.3 is 9.32 Å². The molecule has 0 unspecified atom stereocenters. The zero-order valence-electron chi connectivity index (χ0n) is 7.08. The molecular weight excluding hydrogens is 150 g/mol. The molecule has 0 amide bonds. The highest BCUT2D eigenvalue weighted by atomic mass is 16.3. The molecule has 1 aromatic rings. The minimum atomic E-state index is 0.893. The lowest BCUT2D eigenvalue weighted by molar-refractivity contribution is 0.559. The van der Waals surface area contributed by atoms with Crippen LogP contribution in [-0.4, -0.2) is 6.54 Å². The van der Waals surface area contributed by atoms with Gasteiger partial charge in [0.15, 0.2) is 0 Å². The molecule has 2 rings (SSSR count). The van der Waals surface area contributed by atoms with Crippen LogP contribution in [-0.2, 0) is 0 Å². The van der Waals surface area contributed by atoms with Crippen molar-refractivity contribution in [1.29, 1.82) is 0 Å². The van der Waals surface area contributed by atoms with Crippen molar-refractivity contribution in [3.63, 3.8) is 0 Å². The molecule has 0 atom stereocenters. The molecule has 2 heteroatoms. The molecule has 0 bridgehead atoms. The summed E-state index contributed by atoms with van der Waals surface area (Å²) in [7, 11) is 0. The van der Waals surface area contributed by atoms with E-state index in [0.717, 1.165) is 23.7 Å². The summed E-state index contributed by atoms with van der Waals surface area (Å²) in [5.74, 6) is 0.907. The Morgan fingerprint density at radius 1 is 1.50 bits per heavy atom. The standard InChI is InChI=1S/C10H11NO/c1-3-11-8(2)4-5-9-6-7-12-10(9)11/h4-7H,2-3H2,1H3. The molecule has 0 radical (unpaired) electrons. The first kappa shape index (κ1) is 7.22. The van der Waals surface area contributed by atoms with E-state index in [4.69, 9.17) is 4.42 Å². The summed E-state index contributed by atoms with van der Waals surface area (Å²) in [5.41, 5.74) is 2.12. The lowest BCUT2D eigenvalue weighted by Crippen LogP contribution is -2.21. The topological polar surface area (TPSA) is 16.4 Å². The van der Waals surface area contributed by atoms with E-state index < -0.39 is 0 Å². The molecule has 0 aromatic carbocycles. The molecule has 0 N–H and O–H groups in total. The summed E-state index contributed by atoms with van der Waals surface area (Å²) in [6.45, 7) is 6.90. The average Bonchev–Trinajstić information content (AvgIpc) is 2.52. The Balaban J connectivity index is 2.49. The minimum Gasteiger partial charge on any atom is -0.448 e. The van der Waals surface area contributed by atoms with Crippen LogP contribution in [0.4, 0.5) is 5.88 Å². The second-order valence-electron chi connectivity index (χ2n) is 2.75. The Kier molecular flexibility index (Phi) is 1.54. The predicted molar refractivity (Wildman–Crippen MR) is 49.9 cm³/mol. The molecule has 1 aliphatic rings. The van der Waals surface area contributed by atoms with E-state index in [1.807, 2.05) is 18.2 Å². The quantitative estimate of drug-likeness (QED) is 0.629. The smallest absolute Gasteiger partial charge is 0.206 e. The Hall–Kier alpha value is -1.44. The van der Waals surface area contributed by atoms with Gasteiger partial charge in [-0.25, -0.2) is 0 Å². The van der Waals surface area contributed by atoms with Crippen molar-refractivity contribution in [2.24, 2.45) is 0 Å². The van der Waals surface area contributed by atoms with E-state index in [1.165, 1.54) is 0 Å². The van der Waals surface area contributed by atoms with E-state index in [-0.39, 0.29) is 0 Å². The molecule has 12 heavy (non-hydrogen) atoms. The lowest BCUT2D eigenvalue weighted by atomic mass is 10.2. The van der Waals surface area contributed by atoms with Crippen LogP contribution in [0.15, 0.2) is 35.1 Å². The third-order valence-electron chi connectivity index (χ3n) is 2.04. The largest absolute Gasteiger partial charge is 0.448 e. The van der Waals surface area contributed by atoms with E-state index in [2.05, 4.69) is 18.4 Å². The number of likely N-dealkylation sites (N-methyl/N-ethyl adjacent to an activating group) is 1. The van der Waals surface area contributed by atoms with Gasteiger partial charge in [0.05, 0.1) is 6.26 Å². The van der Waals surface area contributed by atoms with Gasteiger partial charge >= 0.3 is 0 Å². The molecular formula is C10H11NO. The molecule has 1 aliphatic heterocycles. The molecule has 2 heterocycles. The number of hydrogen-bond donors (Lipinski definition) is 0. The van der Waals surface area contributed by atoms with Gasteiger partial charge in [-0.2, -0.15) is 0 Å². The first-order valence-corrected chi connectivity index (χ1v) is 4.05. The van der Waals surface area contributed by atoms with Crippen LogP contribution < -0.4 is 4.90 Å². The number of anilines is 1. The third-order valence-corrected chi connectivity index (χ3v) is 2.04. The molecule has 2 nitrogen and oxygen atoms in total. The van der Waals surface area contributed by atoms with Crippen molar-refractivity contribution in [1.82, 2.24) is 0 Å². The number of furan rings is 1. The Morgan fingerprint density at radius 2 is 2.33 bits per heavy atom. The predicted octanol–water partition coefficient (Wildman–Crippen LogP) is 2.65. The normalized spacial score (nSPS) is 15.1. The number of allylic oxidation sites excluding steroid dienone is 1. The maximum Gasteiger partial charge on any atom is 0.206 e. The third kappa shape index (κ3) is 0.881. The summed E-state index contributed by atoms with van der Waals surface area (Å²) in [6.07, 6.45) is 5.73. The fourth-order valence-corrected chi connectivity index (χ4v) is 1.41. The van der Waals surface area contributed by atoms with Crippen LogP contribution in [0, 0.1) is 0 Å². The van der Waals surface area contributed by atoms with E-state index in [1.54, 1.807) is 6.26 Å². The van der Waals surface area contributed by atoms with Gasteiger partial charge in [0.25, 0.3) is 0 Å². The van der Waals surface area contributed by atoms with E-state index in [9.17, 15) is 0 Å². The van der Waals surface area contributed by atoms with Crippen molar-refractivity contribution in [3.8, 4) is 0 Å². The number of fused-ring (bicyclic) bond motifs is 1. The first-order valence-electron chi connectivity index (χ1n) is 4.05. The highest BCUT2D eigenvalue weighted by molar-refractivity contribution is 5.71. The fraction of sp³-hybridized carbons (Fsp3) is 0.200. The Labute approximate surface area is 71.8 Å². The lowest BCUT2D eigenvalue weighted by Gasteiger charge is -2.23. The fourth-order valence-electron chi connectivity index (χ4n) is 1.41. The summed E-state index contributed by atoms with van der Waals surface area (Å²) >= 11 is 0. The van der Waals surface area contributed by atoms with Gasteiger partial charge in [0.1, 0.15) is 0 Å². The van der Waals surface area contributed by atoms with E-state index >= 15 is 0 Å². The van der Waals surface area contributed by atoms with Crippen molar-refractivity contribution in [2.75, 3.05) is 11.4 Å². The summed E-state index contributed by atoms with van der Waals surface area (Å²) in [5, 5.41) is 0. The average molecular weight is 161 g/mol. The van der Waals surface area contributed by atoms with Crippen LogP contribution in [0.5, 0.6) is 0 Å². The molecule has 0 saturated carbocycles. The van der Waals surface area contributed by atoms with Gasteiger partial charge in [-0.3, -0.25) is 0 Å². The van der Waals surface area contributed by atoms with Gasteiger partial charge in [0, 0.05) is 17.8 Å². The molecule has 0 saturated heterocycles. The van der Waals surface area contributed by atoms with Crippen molar-refractivity contribution in [3.05, 3.63) is 36.2 Å². The SMILES string of the molecule is C=C1C=Cc2ccoc2N1CC. The zero-order valence-corrected chi connectivity index (χ0v) is 7.08. The van der Waals surface area contributed by atoms with Crippen molar-refractivity contribution < 1.29 is 4.42 Å². The monoisotopic (exact) mass is 161 g/mol. The van der Waals surface area contributed by atoms with Crippen LogP contribution >= 0.6 is 0 Å². The Morgan fingerprint density at radius 3 is 3.08 bits per heavy atom. The maximum atomic E-state index is 5.34. The second kappa shape index (κ2) is 2.55. The van der Waals surface area contributed by atoms with Crippen molar-refractivity contribution in [2.45, 2.75) is 6.92 Å². The number of hydrogen-bond acceptors (Lipinski definition) is 2. The highest BCUT2D eigenvalue weighted by Crippen LogP contribution is 2.30. The van der Waals surface area contributed by atoms with Crippen LogP contribution in [0.1, 0.15) is 12.5 Å². The van der Waals surface area contributed by atoms with Gasteiger partial charge in [0.2, 0.25) is 5.88 Å². The molecule has 0 fully saturated rings. The summed E-state index contributed by atoms with van der Waals surface area (Å²) in [4.78, 5) is 2.05. The summed E-state index contributed by atoms with van der Waals surface area (Å²) in [6, 6.07) is 1.96. The maximum absolute atomic E-state index is 5.34.